The number of amides is 1. The van der Waals surface area contributed by atoms with E-state index in [2.05, 4.69) is 5.32 Å². The van der Waals surface area contributed by atoms with Gasteiger partial charge >= 0.3 is 5.97 Å². The highest BCUT2D eigenvalue weighted by molar-refractivity contribution is 5.96. The van der Waals surface area contributed by atoms with Gasteiger partial charge in [0.15, 0.2) is 6.61 Å². The number of hydrogen-bond donors (Lipinski definition) is 1. The van der Waals surface area contributed by atoms with Crippen molar-refractivity contribution in [2.75, 3.05) is 11.9 Å². The Hall–Kier alpha value is -3.67. The minimum absolute atomic E-state index is 0.0280. The number of carbonyl (C=O) groups excluding carboxylic acids is 2. The average Bonchev–Trinajstić information content (AvgIpc) is 2.73. The summed E-state index contributed by atoms with van der Waals surface area (Å²) >= 11 is 0. The zero-order chi connectivity index (χ0) is 19.8. The first kappa shape index (κ1) is 19.1. The molecule has 0 atom stereocenters. The summed E-state index contributed by atoms with van der Waals surface area (Å²) in [6.07, 6.45) is 0. The number of halogens is 1. The van der Waals surface area contributed by atoms with E-state index in [1.165, 1.54) is 18.2 Å². The van der Waals surface area contributed by atoms with Crippen LogP contribution in [0, 0.1) is 5.82 Å². The Balaban J connectivity index is 1.58. The first-order valence-electron chi connectivity index (χ1n) is 8.61. The summed E-state index contributed by atoms with van der Waals surface area (Å²) in [6.45, 7) is -0.349. The van der Waals surface area contributed by atoms with Crippen LogP contribution < -0.4 is 10.1 Å². The molecule has 0 heterocycles. The normalized spacial score (nSPS) is 10.2. The van der Waals surface area contributed by atoms with Crippen molar-refractivity contribution in [2.24, 2.45) is 0 Å². The molecular weight excluding hydrogens is 361 g/mol. The van der Waals surface area contributed by atoms with Crippen LogP contribution in [-0.2, 0) is 16.1 Å². The van der Waals surface area contributed by atoms with E-state index in [1.54, 1.807) is 30.3 Å². The second-order valence-electron chi connectivity index (χ2n) is 5.86. The van der Waals surface area contributed by atoms with E-state index in [1.807, 2.05) is 30.3 Å². The third-order valence-corrected chi connectivity index (χ3v) is 3.86. The predicted octanol–water partition coefficient (Wildman–Crippen LogP) is 4.20. The molecule has 3 rings (SSSR count). The van der Waals surface area contributed by atoms with Crippen LogP contribution in [0.3, 0.4) is 0 Å². The molecule has 1 amide bonds. The number of para-hydroxylation sites is 2. The molecule has 0 bridgehead atoms. The Morgan fingerprint density at radius 3 is 2.32 bits per heavy atom. The molecule has 6 heteroatoms. The zero-order valence-electron chi connectivity index (χ0n) is 14.9. The molecule has 0 aliphatic rings. The van der Waals surface area contributed by atoms with Crippen LogP contribution in [0.1, 0.15) is 15.9 Å². The van der Waals surface area contributed by atoms with Gasteiger partial charge in [-0.05, 0) is 30.3 Å². The number of rotatable bonds is 7. The Morgan fingerprint density at radius 1 is 0.857 bits per heavy atom. The molecule has 0 radical (unpaired) electrons. The van der Waals surface area contributed by atoms with E-state index in [4.69, 9.17) is 9.47 Å². The number of nitrogens with one attached hydrogen (secondary N) is 1. The molecule has 0 aliphatic heterocycles. The summed E-state index contributed by atoms with van der Waals surface area (Å²) in [5, 5.41) is 2.36. The fraction of sp³-hybridized carbons (Fsp3) is 0.0909. The highest BCUT2D eigenvalue weighted by atomic mass is 19.1. The molecule has 0 aliphatic carbocycles. The highest BCUT2D eigenvalue weighted by Crippen LogP contribution is 2.16. The van der Waals surface area contributed by atoms with Crippen LogP contribution in [-0.4, -0.2) is 18.5 Å². The number of hydrogen-bond acceptors (Lipinski definition) is 4. The van der Waals surface area contributed by atoms with Crippen molar-refractivity contribution in [2.45, 2.75) is 6.61 Å². The Kier molecular flexibility index (Phi) is 6.36. The zero-order valence-corrected chi connectivity index (χ0v) is 14.9. The van der Waals surface area contributed by atoms with Crippen LogP contribution in [0.15, 0.2) is 78.9 Å². The van der Waals surface area contributed by atoms with Crippen LogP contribution >= 0.6 is 0 Å². The number of esters is 1. The first-order valence-corrected chi connectivity index (χ1v) is 8.61. The van der Waals surface area contributed by atoms with Crippen LogP contribution in [0.25, 0.3) is 0 Å². The minimum Gasteiger partial charge on any atom is -0.489 e. The first-order chi connectivity index (χ1) is 13.6. The third kappa shape index (κ3) is 5.17. The van der Waals surface area contributed by atoms with Crippen molar-refractivity contribution >= 4 is 17.6 Å². The molecule has 5 nitrogen and oxygen atoms in total. The van der Waals surface area contributed by atoms with Gasteiger partial charge in [-0.1, -0.05) is 48.5 Å². The number of benzene rings is 3. The Morgan fingerprint density at radius 2 is 1.54 bits per heavy atom. The quantitative estimate of drug-likeness (QED) is 0.625. The summed E-state index contributed by atoms with van der Waals surface area (Å²) in [6, 6.07) is 21.8. The fourth-order valence-corrected chi connectivity index (χ4v) is 2.48. The maximum atomic E-state index is 13.6. The van der Waals surface area contributed by atoms with E-state index in [0.29, 0.717) is 16.9 Å². The summed E-state index contributed by atoms with van der Waals surface area (Å²) in [5.41, 5.74) is 0.961. The van der Waals surface area contributed by atoms with Gasteiger partial charge in [0, 0.05) is 5.56 Å². The number of carbonyl (C=O) groups is 2. The monoisotopic (exact) mass is 379 g/mol. The van der Waals surface area contributed by atoms with E-state index in [0.717, 1.165) is 0 Å². The average molecular weight is 379 g/mol. The van der Waals surface area contributed by atoms with E-state index < -0.39 is 24.3 Å². The number of anilines is 1. The molecule has 0 fully saturated rings. The van der Waals surface area contributed by atoms with Gasteiger partial charge < -0.3 is 14.8 Å². The third-order valence-electron chi connectivity index (χ3n) is 3.86. The van der Waals surface area contributed by atoms with Crippen molar-refractivity contribution in [3.63, 3.8) is 0 Å². The molecule has 1 N–H and O–H groups in total. The molecule has 0 saturated heterocycles. The smallest absolute Gasteiger partial charge is 0.339 e. The molecule has 3 aromatic rings. The van der Waals surface area contributed by atoms with Gasteiger partial charge in [0.05, 0.1) is 11.3 Å². The lowest BCUT2D eigenvalue weighted by Gasteiger charge is -2.11. The predicted molar refractivity (Wildman–Crippen MR) is 103 cm³/mol. The standard InChI is InChI=1S/C22H18FNO4/c23-19-12-6-7-13-20(19)24-21(25)15-28-22(26)18-11-5-4-8-16(18)14-27-17-9-2-1-3-10-17/h1-13H,14-15H2,(H,24,25). The minimum atomic E-state index is -0.657. The van der Waals surface area contributed by atoms with Gasteiger partial charge in [-0.25, -0.2) is 9.18 Å². The lowest BCUT2D eigenvalue weighted by molar-refractivity contribution is -0.119. The van der Waals surface area contributed by atoms with Gasteiger partial charge in [-0.3, -0.25) is 4.79 Å². The summed E-state index contributed by atoms with van der Waals surface area (Å²) in [5.74, 6) is -1.17. The Labute approximate surface area is 161 Å². The molecule has 0 unspecified atom stereocenters. The van der Waals surface area contributed by atoms with Crippen LogP contribution in [0.5, 0.6) is 5.75 Å². The van der Waals surface area contributed by atoms with Crippen molar-refractivity contribution in [3.8, 4) is 5.75 Å². The van der Waals surface area contributed by atoms with Crippen molar-refractivity contribution < 1.29 is 23.5 Å². The maximum Gasteiger partial charge on any atom is 0.339 e. The molecule has 28 heavy (non-hydrogen) atoms. The molecule has 3 aromatic carbocycles. The maximum absolute atomic E-state index is 13.6. The van der Waals surface area contributed by atoms with Gasteiger partial charge in [0.2, 0.25) is 0 Å². The van der Waals surface area contributed by atoms with Gasteiger partial charge in [-0.2, -0.15) is 0 Å². The van der Waals surface area contributed by atoms with Crippen molar-refractivity contribution in [1.82, 2.24) is 0 Å². The Bertz CT molecular complexity index is 960. The van der Waals surface area contributed by atoms with E-state index >= 15 is 0 Å². The van der Waals surface area contributed by atoms with Crippen LogP contribution in [0.2, 0.25) is 0 Å². The SMILES string of the molecule is O=C(COC(=O)c1ccccc1COc1ccccc1)Nc1ccccc1F. The lowest BCUT2D eigenvalue weighted by Crippen LogP contribution is -2.22. The van der Waals surface area contributed by atoms with Crippen LogP contribution in [0.4, 0.5) is 10.1 Å². The van der Waals surface area contributed by atoms with Gasteiger partial charge in [0.1, 0.15) is 18.2 Å². The fourth-order valence-electron chi connectivity index (χ4n) is 2.48. The molecular formula is C22H18FNO4. The van der Waals surface area contributed by atoms with Gasteiger partial charge in [-0.15, -0.1) is 0 Å². The van der Waals surface area contributed by atoms with Gasteiger partial charge in [0.25, 0.3) is 5.91 Å². The summed E-state index contributed by atoms with van der Waals surface area (Å²) < 4.78 is 24.3. The van der Waals surface area contributed by atoms with Crippen molar-refractivity contribution in [3.05, 3.63) is 95.8 Å². The number of ether oxygens (including phenoxy) is 2. The van der Waals surface area contributed by atoms with Crippen molar-refractivity contribution in [1.29, 1.82) is 0 Å². The second kappa shape index (κ2) is 9.32. The second-order valence-corrected chi connectivity index (χ2v) is 5.86. The topological polar surface area (TPSA) is 64.6 Å². The largest absolute Gasteiger partial charge is 0.489 e. The van der Waals surface area contributed by atoms with E-state index in [9.17, 15) is 14.0 Å². The molecule has 0 saturated carbocycles. The molecule has 142 valence electrons. The summed E-state index contributed by atoms with van der Waals surface area (Å²) in [7, 11) is 0. The lowest BCUT2D eigenvalue weighted by atomic mass is 10.1. The van der Waals surface area contributed by atoms with E-state index in [-0.39, 0.29) is 12.3 Å². The summed E-state index contributed by atoms with van der Waals surface area (Å²) in [4.78, 5) is 24.3. The highest BCUT2D eigenvalue weighted by Gasteiger charge is 2.15. The molecule has 0 aromatic heterocycles. The molecule has 0 spiro atoms.